The zero-order valence-corrected chi connectivity index (χ0v) is 14.5. The van der Waals surface area contributed by atoms with E-state index in [9.17, 15) is 0 Å². The molecule has 1 aromatic heterocycles. The van der Waals surface area contributed by atoms with Gasteiger partial charge < -0.3 is 10.1 Å². The molecule has 19 heavy (non-hydrogen) atoms. The molecule has 0 fully saturated rings. The van der Waals surface area contributed by atoms with E-state index in [1.165, 1.54) is 0 Å². The average Bonchev–Trinajstić information content (AvgIpc) is 2.38. The molecule has 0 spiro atoms. The molecule has 0 amide bonds. The van der Waals surface area contributed by atoms with Gasteiger partial charge in [-0.2, -0.15) is 0 Å². The van der Waals surface area contributed by atoms with E-state index in [-0.39, 0.29) is 0 Å². The highest BCUT2D eigenvalue weighted by Crippen LogP contribution is 2.25. The van der Waals surface area contributed by atoms with Crippen LogP contribution in [0.1, 0.15) is 58.0 Å². The van der Waals surface area contributed by atoms with Crippen LogP contribution in [0.5, 0.6) is 0 Å². The van der Waals surface area contributed by atoms with Gasteiger partial charge in [-0.15, -0.1) is 0 Å². The molecular weight excluding hydrogens is 353 g/mol. The van der Waals surface area contributed by atoms with Crippen molar-refractivity contribution in [2.24, 2.45) is 0 Å². The lowest BCUT2D eigenvalue weighted by molar-refractivity contribution is 0.116. The van der Waals surface area contributed by atoms with E-state index >= 15 is 0 Å². The van der Waals surface area contributed by atoms with Gasteiger partial charge in [0.25, 0.3) is 0 Å². The quantitative estimate of drug-likeness (QED) is 0.551. The van der Waals surface area contributed by atoms with E-state index in [0.717, 1.165) is 46.9 Å². The van der Waals surface area contributed by atoms with Crippen LogP contribution in [0.25, 0.3) is 0 Å². The van der Waals surface area contributed by atoms with Crippen molar-refractivity contribution in [3.63, 3.8) is 0 Å². The molecule has 0 saturated heterocycles. The molecule has 5 heteroatoms. The number of aromatic nitrogens is 2. The van der Waals surface area contributed by atoms with E-state index in [0.29, 0.717) is 12.5 Å². The number of hydrogen-bond acceptors (Lipinski definition) is 4. The molecule has 4 nitrogen and oxygen atoms in total. The van der Waals surface area contributed by atoms with Crippen LogP contribution in [-0.4, -0.2) is 23.1 Å². The van der Waals surface area contributed by atoms with E-state index < -0.39 is 0 Å². The van der Waals surface area contributed by atoms with Gasteiger partial charge in [-0.25, -0.2) is 9.97 Å². The second-order valence-corrected chi connectivity index (χ2v) is 5.90. The highest BCUT2D eigenvalue weighted by molar-refractivity contribution is 14.1. The van der Waals surface area contributed by atoms with Crippen LogP contribution >= 0.6 is 22.6 Å². The number of rotatable bonds is 8. The van der Waals surface area contributed by atoms with Crippen molar-refractivity contribution in [2.45, 2.75) is 53.1 Å². The molecule has 1 aromatic rings. The first-order valence-electron chi connectivity index (χ1n) is 6.98. The Balaban J connectivity index is 2.94. The Kier molecular flexibility index (Phi) is 7.60. The minimum Gasteiger partial charge on any atom is -0.373 e. The number of hydrogen-bond donors (Lipinski definition) is 1. The zero-order chi connectivity index (χ0) is 14.3. The Labute approximate surface area is 129 Å². The number of halogens is 1. The fraction of sp³-hybridized carbons (Fsp3) is 0.714. The van der Waals surface area contributed by atoms with Gasteiger partial charge in [0.05, 0.1) is 9.26 Å². The summed E-state index contributed by atoms with van der Waals surface area (Å²) in [5.74, 6) is 2.11. The Hall–Kier alpha value is -0.430. The van der Waals surface area contributed by atoms with E-state index in [1.54, 1.807) is 0 Å². The Bertz CT molecular complexity index is 397. The molecule has 0 bridgehead atoms. The number of nitrogens with one attached hydrogen (secondary N) is 1. The van der Waals surface area contributed by atoms with Gasteiger partial charge in [0.15, 0.2) is 5.82 Å². The van der Waals surface area contributed by atoms with Gasteiger partial charge in [-0.05, 0) is 41.4 Å². The minimum atomic E-state index is 0.391. The van der Waals surface area contributed by atoms with Crippen molar-refractivity contribution in [1.29, 1.82) is 0 Å². The van der Waals surface area contributed by atoms with Crippen molar-refractivity contribution < 1.29 is 4.74 Å². The first-order chi connectivity index (χ1) is 9.10. The lowest BCUT2D eigenvalue weighted by atomic mass is 10.1. The molecular formula is C14H24IN3O. The lowest BCUT2D eigenvalue weighted by Crippen LogP contribution is -2.12. The maximum absolute atomic E-state index is 5.55. The second kappa shape index (κ2) is 8.68. The van der Waals surface area contributed by atoms with Gasteiger partial charge in [0, 0.05) is 13.2 Å². The Morgan fingerprint density at radius 1 is 1.21 bits per heavy atom. The van der Waals surface area contributed by atoms with Crippen molar-refractivity contribution in [2.75, 3.05) is 18.5 Å². The molecule has 1 rings (SSSR count). The molecule has 0 aliphatic carbocycles. The summed E-state index contributed by atoms with van der Waals surface area (Å²) in [6.07, 6.45) is 2.10. The van der Waals surface area contributed by atoms with E-state index in [1.807, 2.05) is 0 Å². The van der Waals surface area contributed by atoms with Crippen molar-refractivity contribution in [3.8, 4) is 0 Å². The van der Waals surface area contributed by atoms with Crippen LogP contribution < -0.4 is 5.32 Å². The monoisotopic (exact) mass is 377 g/mol. The summed E-state index contributed by atoms with van der Waals surface area (Å²) >= 11 is 2.33. The van der Waals surface area contributed by atoms with E-state index in [2.05, 4.69) is 65.6 Å². The minimum absolute atomic E-state index is 0.391. The third kappa shape index (κ3) is 5.22. The summed E-state index contributed by atoms with van der Waals surface area (Å²) in [6.45, 7) is 10.7. The maximum atomic E-state index is 5.55. The molecule has 0 radical (unpaired) electrons. The van der Waals surface area contributed by atoms with Crippen molar-refractivity contribution in [1.82, 2.24) is 9.97 Å². The summed E-state index contributed by atoms with van der Waals surface area (Å²) < 4.78 is 6.67. The molecule has 0 atom stereocenters. The smallest absolute Gasteiger partial charge is 0.156 e. The molecule has 0 aliphatic rings. The molecule has 1 heterocycles. The standard InChI is InChI=1S/C14H24IN3O/c1-5-7-16-14-12(15)13(10(3)4)17-11(18-14)9-19-8-6-2/h10H,5-9H2,1-4H3,(H,16,17,18). The fourth-order valence-electron chi connectivity index (χ4n) is 1.63. The molecule has 1 N–H and O–H groups in total. The van der Waals surface area contributed by atoms with E-state index in [4.69, 9.17) is 4.74 Å². The largest absolute Gasteiger partial charge is 0.373 e. The summed E-state index contributed by atoms with van der Waals surface area (Å²) in [7, 11) is 0. The second-order valence-electron chi connectivity index (χ2n) is 4.82. The van der Waals surface area contributed by atoms with Gasteiger partial charge in [-0.1, -0.05) is 27.7 Å². The van der Waals surface area contributed by atoms with Crippen LogP contribution in [0.2, 0.25) is 0 Å². The van der Waals surface area contributed by atoms with Gasteiger partial charge in [0.2, 0.25) is 0 Å². The van der Waals surface area contributed by atoms with Crippen LogP contribution in [0.3, 0.4) is 0 Å². The van der Waals surface area contributed by atoms with Gasteiger partial charge in [0.1, 0.15) is 12.4 Å². The van der Waals surface area contributed by atoms with Crippen LogP contribution in [0.4, 0.5) is 5.82 Å². The number of ether oxygens (including phenoxy) is 1. The predicted octanol–water partition coefficient (Wildman–Crippen LogP) is 3.95. The van der Waals surface area contributed by atoms with Crippen molar-refractivity contribution in [3.05, 3.63) is 15.1 Å². The van der Waals surface area contributed by atoms with Crippen LogP contribution in [0, 0.1) is 3.57 Å². The van der Waals surface area contributed by atoms with Gasteiger partial charge >= 0.3 is 0 Å². The molecule has 0 aromatic carbocycles. The molecule has 0 saturated carbocycles. The van der Waals surface area contributed by atoms with Gasteiger partial charge in [-0.3, -0.25) is 0 Å². The average molecular weight is 377 g/mol. The predicted molar refractivity (Wildman–Crippen MR) is 87.6 cm³/mol. The normalized spacial score (nSPS) is 11.1. The highest BCUT2D eigenvalue weighted by atomic mass is 127. The summed E-state index contributed by atoms with van der Waals surface area (Å²) in [6, 6.07) is 0. The molecule has 108 valence electrons. The lowest BCUT2D eigenvalue weighted by Gasteiger charge is -2.14. The van der Waals surface area contributed by atoms with Crippen molar-refractivity contribution >= 4 is 28.4 Å². The fourth-order valence-corrected chi connectivity index (χ4v) is 2.68. The zero-order valence-electron chi connectivity index (χ0n) is 12.3. The summed E-state index contributed by atoms with van der Waals surface area (Å²) in [5.41, 5.74) is 1.10. The Morgan fingerprint density at radius 3 is 2.53 bits per heavy atom. The number of nitrogens with zero attached hydrogens (tertiary/aromatic N) is 2. The topological polar surface area (TPSA) is 47.0 Å². The first kappa shape index (κ1) is 16.6. The Morgan fingerprint density at radius 2 is 1.95 bits per heavy atom. The van der Waals surface area contributed by atoms with Crippen LogP contribution in [0.15, 0.2) is 0 Å². The highest BCUT2D eigenvalue weighted by Gasteiger charge is 2.14. The summed E-state index contributed by atoms with van der Waals surface area (Å²) in [5, 5.41) is 3.37. The molecule has 0 aliphatic heterocycles. The van der Waals surface area contributed by atoms with Crippen LogP contribution in [-0.2, 0) is 11.3 Å². The maximum Gasteiger partial charge on any atom is 0.156 e. The third-order valence-electron chi connectivity index (χ3n) is 2.59. The first-order valence-corrected chi connectivity index (χ1v) is 8.05. The molecule has 0 unspecified atom stereocenters. The SMILES string of the molecule is CCCNc1nc(COCCC)nc(C(C)C)c1I. The number of anilines is 1. The summed E-state index contributed by atoms with van der Waals surface area (Å²) in [4.78, 5) is 9.20. The third-order valence-corrected chi connectivity index (χ3v) is 3.66.